The number of rotatable bonds is 2. The van der Waals surface area contributed by atoms with Crippen LogP contribution >= 0.6 is 0 Å². The van der Waals surface area contributed by atoms with Gasteiger partial charge in [-0.05, 0) is 19.8 Å². The summed E-state index contributed by atoms with van der Waals surface area (Å²) < 4.78 is 10.2. The Balaban J connectivity index is 2.12. The molecule has 2 unspecified atom stereocenters. The summed E-state index contributed by atoms with van der Waals surface area (Å²) in [7, 11) is 0. The van der Waals surface area contributed by atoms with Crippen LogP contribution in [0.25, 0.3) is 0 Å². The van der Waals surface area contributed by atoms with E-state index in [0.29, 0.717) is 5.82 Å². The fraction of sp³-hybridized carbons (Fsp3) is 0.750. The van der Waals surface area contributed by atoms with E-state index in [1.165, 1.54) is 0 Å². The van der Waals surface area contributed by atoms with Crippen molar-refractivity contribution in [2.45, 2.75) is 32.0 Å². The van der Waals surface area contributed by atoms with Crippen molar-refractivity contribution in [2.24, 2.45) is 0 Å². The molecule has 1 fully saturated rings. The second kappa shape index (κ2) is 3.43. The summed E-state index contributed by atoms with van der Waals surface area (Å²) in [6, 6.07) is 0. The first-order chi connectivity index (χ1) is 6.27. The zero-order chi connectivity index (χ0) is 9.26. The van der Waals surface area contributed by atoms with Crippen LogP contribution in [0.5, 0.6) is 0 Å². The molecule has 72 valence electrons. The molecule has 2 rings (SSSR count). The molecule has 2 atom stereocenters. The van der Waals surface area contributed by atoms with Gasteiger partial charge in [0.15, 0.2) is 0 Å². The van der Waals surface area contributed by atoms with Crippen molar-refractivity contribution in [3.8, 4) is 0 Å². The van der Waals surface area contributed by atoms with E-state index in [9.17, 15) is 0 Å². The molecule has 13 heavy (non-hydrogen) atoms. The second-order valence-electron chi connectivity index (χ2n) is 3.17. The third-order valence-corrected chi connectivity index (χ3v) is 2.03. The normalized spacial score (nSPS) is 24.9. The highest BCUT2D eigenvalue weighted by Crippen LogP contribution is 2.26. The number of hydrogen-bond donors (Lipinski definition) is 1. The van der Waals surface area contributed by atoms with Gasteiger partial charge in [0, 0.05) is 6.61 Å². The Morgan fingerprint density at radius 3 is 3.00 bits per heavy atom. The summed E-state index contributed by atoms with van der Waals surface area (Å²) in [5.41, 5.74) is 0. The molecule has 1 saturated heterocycles. The molecule has 0 radical (unpaired) electrons. The van der Waals surface area contributed by atoms with Gasteiger partial charge >= 0.3 is 0 Å². The van der Waals surface area contributed by atoms with E-state index >= 15 is 0 Å². The maximum atomic E-state index is 9.14. The molecule has 1 aliphatic heterocycles. The van der Waals surface area contributed by atoms with Crippen LogP contribution in [-0.4, -0.2) is 21.9 Å². The summed E-state index contributed by atoms with van der Waals surface area (Å²) in [4.78, 5) is 4.04. The average Bonchev–Trinajstić information content (AvgIpc) is 2.75. The lowest BCUT2D eigenvalue weighted by Gasteiger charge is -2.00. The molecule has 0 aromatic carbocycles. The fourth-order valence-electron chi connectivity index (χ4n) is 1.33. The van der Waals surface area contributed by atoms with E-state index < -0.39 is 6.10 Å². The van der Waals surface area contributed by atoms with Crippen LogP contribution in [0, 0.1) is 0 Å². The first-order valence-electron chi connectivity index (χ1n) is 4.40. The zero-order valence-corrected chi connectivity index (χ0v) is 7.43. The molecule has 1 aliphatic rings. The van der Waals surface area contributed by atoms with Crippen LogP contribution in [0.15, 0.2) is 4.52 Å². The summed E-state index contributed by atoms with van der Waals surface area (Å²) in [6.45, 7) is 2.34. The number of ether oxygens (including phenoxy) is 1. The smallest absolute Gasteiger partial charge is 0.255 e. The van der Waals surface area contributed by atoms with Gasteiger partial charge in [0.1, 0.15) is 12.2 Å². The van der Waals surface area contributed by atoms with E-state index in [1.807, 2.05) is 0 Å². The van der Waals surface area contributed by atoms with Gasteiger partial charge in [-0.1, -0.05) is 5.16 Å². The minimum absolute atomic E-state index is 0.0451. The number of aliphatic hydroxyl groups is 1. The van der Waals surface area contributed by atoms with E-state index in [-0.39, 0.29) is 12.0 Å². The first-order valence-corrected chi connectivity index (χ1v) is 4.40. The van der Waals surface area contributed by atoms with Gasteiger partial charge in [-0.15, -0.1) is 0 Å². The largest absolute Gasteiger partial charge is 0.384 e. The van der Waals surface area contributed by atoms with Gasteiger partial charge in [0.05, 0.1) is 0 Å². The number of nitrogens with zero attached hydrogens (tertiary/aromatic N) is 2. The Morgan fingerprint density at radius 1 is 1.62 bits per heavy atom. The van der Waals surface area contributed by atoms with Crippen LogP contribution < -0.4 is 0 Å². The molecule has 1 N–H and O–H groups in total. The maximum absolute atomic E-state index is 9.14. The minimum Gasteiger partial charge on any atom is -0.384 e. The summed E-state index contributed by atoms with van der Waals surface area (Å²) in [6.07, 6.45) is 1.21. The van der Waals surface area contributed by atoms with Crippen molar-refractivity contribution in [1.29, 1.82) is 0 Å². The van der Waals surface area contributed by atoms with E-state index in [1.54, 1.807) is 6.92 Å². The van der Waals surface area contributed by atoms with Gasteiger partial charge in [0.25, 0.3) is 5.89 Å². The Kier molecular flexibility index (Phi) is 2.28. The van der Waals surface area contributed by atoms with Gasteiger partial charge < -0.3 is 14.4 Å². The monoisotopic (exact) mass is 184 g/mol. The highest BCUT2D eigenvalue weighted by molar-refractivity contribution is 4.94. The zero-order valence-electron chi connectivity index (χ0n) is 7.43. The lowest BCUT2D eigenvalue weighted by molar-refractivity contribution is 0.102. The van der Waals surface area contributed by atoms with Crippen LogP contribution in [0.4, 0.5) is 0 Å². The molecular weight excluding hydrogens is 172 g/mol. The summed E-state index contributed by atoms with van der Waals surface area (Å²) in [5, 5.41) is 12.9. The molecule has 5 nitrogen and oxygen atoms in total. The van der Waals surface area contributed by atoms with E-state index in [4.69, 9.17) is 14.4 Å². The second-order valence-corrected chi connectivity index (χ2v) is 3.17. The fourth-order valence-corrected chi connectivity index (χ4v) is 1.33. The van der Waals surface area contributed by atoms with Crippen LogP contribution in [0.3, 0.4) is 0 Å². The van der Waals surface area contributed by atoms with Crippen LogP contribution in [0.2, 0.25) is 0 Å². The molecule has 2 heterocycles. The molecule has 0 bridgehead atoms. The van der Waals surface area contributed by atoms with Crippen molar-refractivity contribution >= 4 is 0 Å². The summed E-state index contributed by atoms with van der Waals surface area (Å²) in [5.74, 6) is 0.805. The Bertz CT molecular complexity index is 279. The number of aromatic nitrogens is 2. The third-order valence-electron chi connectivity index (χ3n) is 2.03. The molecule has 0 aliphatic carbocycles. The van der Waals surface area contributed by atoms with Crippen molar-refractivity contribution in [2.75, 3.05) is 6.61 Å². The highest BCUT2D eigenvalue weighted by atomic mass is 16.5. The van der Waals surface area contributed by atoms with Gasteiger partial charge in [0.2, 0.25) is 5.82 Å². The van der Waals surface area contributed by atoms with Gasteiger partial charge in [-0.2, -0.15) is 4.98 Å². The quantitative estimate of drug-likeness (QED) is 0.741. The molecule has 0 amide bonds. The summed E-state index contributed by atoms with van der Waals surface area (Å²) >= 11 is 0. The Morgan fingerprint density at radius 2 is 2.46 bits per heavy atom. The molecular formula is C8H12N2O3. The van der Waals surface area contributed by atoms with Crippen LogP contribution in [0.1, 0.15) is 43.7 Å². The topological polar surface area (TPSA) is 68.4 Å². The minimum atomic E-state index is -0.706. The standard InChI is InChI=1S/C8H12N2O3/c1-5(11)8-9-7(10-13-8)6-3-2-4-12-6/h5-6,11H,2-4H2,1H3. The van der Waals surface area contributed by atoms with Crippen molar-refractivity contribution in [1.82, 2.24) is 10.1 Å². The third kappa shape index (κ3) is 1.71. The Labute approximate surface area is 75.7 Å². The predicted molar refractivity (Wildman–Crippen MR) is 42.9 cm³/mol. The lowest BCUT2D eigenvalue weighted by atomic mass is 10.2. The maximum Gasteiger partial charge on any atom is 0.255 e. The first kappa shape index (κ1) is 8.65. The van der Waals surface area contributed by atoms with Gasteiger partial charge in [-0.3, -0.25) is 0 Å². The molecule has 5 heteroatoms. The molecule has 1 aromatic rings. The van der Waals surface area contributed by atoms with Crippen molar-refractivity contribution in [3.05, 3.63) is 11.7 Å². The lowest BCUT2D eigenvalue weighted by Crippen LogP contribution is -1.99. The molecule has 1 aromatic heterocycles. The highest BCUT2D eigenvalue weighted by Gasteiger charge is 2.23. The predicted octanol–water partition coefficient (Wildman–Crippen LogP) is 0.974. The SMILES string of the molecule is CC(O)c1nc(C2CCCO2)no1. The van der Waals surface area contributed by atoms with E-state index in [0.717, 1.165) is 19.4 Å². The van der Waals surface area contributed by atoms with Crippen molar-refractivity contribution in [3.63, 3.8) is 0 Å². The average molecular weight is 184 g/mol. The Hall–Kier alpha value is -0.940. The van der Waals surface area contributed by atoms with Crippen molar-refractivity contribution < 1.29 is 14.4 Å². The molecule has 0 saturated carbocycles. The molecule has 0 spiro atoms. The van der Waals surface area contributed by atoms with Gasteiger partial charge in [-0.25, -0.2) is 0 Å². The van der Waals surface area contributed by atoms with E-state index in [2.05, 4.69) is 10.1 Å². The van der Waals surface area contributed by atoms with Crippen LogP contribution in [-0.2, 0) is 4.74 Å². The number of hydrogen-bond acceptors (Lipinski definition) is 5. The number of aliphatic hydroxyl groups excluding tert-OH is 1.